The first-order chi connectivity index (χ1) is 15.6. The Balaban J connectivity index is 1.67. The van der Waals surface area contributed by atoms with Crippen LogP contribution in [0, 0.1) is 5.92 Å². The number of amides is 1. The molecule has 0 saturated carbocycles. The second kappa shape index (κ2) is 8.66. The Labute approximate surface area is 192 Å². The number of carbonyl (C=O) groups is 2. The highest BCUT2D eigenvalue weighted by Gasteiger charge is 2.62. The minimum atomic E-state index is -0.946. The van der Waals surface area contributed by atoms with Gasteiger partial charge in [-0.05, 0) is 39.3 Å². The van der Waals surface area contributed by atoms with Gasteiger partial charge in [0.15, 0.2) is 11.6 Å². The fraction of sp³-hybridized carbons (Fsp3) is 0.652. The molecular weight excluding hydrogens is 428 g/mol. The van der Waals surface area contributed by atoms with E-state index in [9.17, 15) is 9.59 Å². The van der Waals surface area contributed by atoms with Crippen molar-refractivity contribution in [2.45, 2.75) is 84.1 Å². The van der Waals surface area contributed by atoms with Crippen LogP contribution in [0.15, 0.2) is 18.5 Å². The van der Waals surface area contributed by atoms with Crippen LogP contribution in [-0.2, 0) is 34.1 Å². The van der Waals surface area contributed by atoms with E-state index in [1.165, 1.54) is 6.33 Å². The Morgan fingerprint density at radius 3 is 2.67 bits per heavy atom. The normalized spacial score (nSPS) is 28.3. The predicted molar refractivity (Wildman–Crippen MR) is 118 cm³/mol. The molecule has 4 atom stereocenters. The van der Waals surface area contributed by atoms with Crippen molar-refractivity contribution < 1.29 is 28.5 Å². The minimum Gasteiger partial charge on any atom is -0.463 e. The van der Waals surface area contributed by atoms with E-state index in [1.807, 2.05) is 39.8 Å². The maximum absolute atomic E-state index is 12.1. The number of hydrogen-bond donors (Lipinski definition) is 1. The predicted octanol–water partition coefficient (Wildman–Crippen LogP) is 2.80. The molecular formula is C23H32N4O6. The molecule has 0 unspecified atom stereocenters. The van der Waals surface area contributed by atoms with Gasteiger partial charge < -0.3 is 24.3 Å². The maximum atomic E-state index is 12.1. The molecule has 2 aliphatic heterocycles. The molecule has 10 nitrogen and oxygen atoms in total. The van der Waals surface area contributed by atoms with Gasteiger partial charge in [-0.2, -0.15) is 5.10 Å². The van der Waals surface area contributed by atoms with Crippen molar-refractivity contribution in [3.05, 3.63) is 24.2 Å². The summed E-state index contributed by atoms with van der Waals surface area (Å²) in [7, 11) is 0. The molecule has 0 aliphatic carbocycles. The molecule has 4 heterocycles. The first-order valence-electron chi connectivity index (χ1n) is 11.4. The van der Waals surface area contributed by atoms with Crippen molar-refractivity contribution in [1.29, 1.82) is 0 Å². The summed E-state index contributed by atoms with van der Waals surface area (Å²) in [6.45, 7) is 11.2. The summed E-state index contributed by atoms with van der Waals surface area (Å²) in [6.07, 6.45) is 1.14. The van der Waals surface area contributed by atoms with Gasteiger partial charge in [-0.3, -0.25) is 9.59 Å². The van der Waals surface area contributed by atoms with E-state index < -0.39 is 29.7 Å². The molecule has 4 rings (SSSR count). The lowest BCUT2D eigenvalue weighted by atomic mass is 9.93. The van der Waals surface area contributed by atoms with Crippen LogP contribution in [0.5, 0.6) is 0 Å². The average molecular weight is 461 g/mol. The number of rotatable bonds is 7. The highest BCUT2D eigenvalue weighted by atomic mass is 16.8. The van der Waals surface area contributed by atoms with Crippen LogP contribution in [0.1, 0.15) is 60.1 Å². The zero-order valence-corrected chi connectivity index (χ0v) is 20.0. The number of nitrogens with one attached hydrogen (secondary N) is 1. The number of fused-ring (bicyclic) bond motifs is 2. The van der Waals surface area contributed by atoms with Gasteiger partial charge in [0.2, 0.25) is 5.91 Å². The summed E-state index contributed by atoms with van der Waals surface area (Å²) in [6, 6.07) is 3.72. The number of ether oxygens (including phenoxy) is 4. The molecule has 2 aromatic heterocycles. The largest absolute Gasteiger partial charge is 0.463 e. The monoisotopic (exact) mass is 460 g/mol. The van der Waals surface area contributed by atoms with Crippen LogP contribution in [0.4, 0.5) is 5.82 Å². The Morgan fingerprint density at radius 2 is 1.97 bits per heavy atom. The van der Waals surface area contributed by atoms with E-state index in [2.05, 4.69) is 15.4 Å². The highest BCUT2D eigenvalue weighted by Crippen LogP contribution is 2.49. The average Bonchev–Trinajstić information content (AvgIpc) is 3.38. The van der Waals surface area contributed by atoms with Crippen molar-refractivity contribution >= 4 is 23.2 Å². The van der Waals surface area contributed by atoms with E-state index in [0.717, 1.165) is 12.1 Å². The zero-order chi connectivity index (χ0) is 24.0. The molecule has 1 amide bonds. The molecule has 2 fully saturated rings. The summed E-state index contributed by atoms with van der Waals surface area (Å²) in [4.78, 5) is 28.4. The van der Waals surface area contributed by atoms with Crippen LogP contribution in [0.25, 0.3) is 5.52 Å². The van der Waals surface area contributed by atoms with Crippen LogP contribution in [0.3, 0.4) is 0 Å². The van der Waals surface area contributed by atoms with Crippen molar-refractivity contribution in [2.75, 3.05) is 11.9 Å². The summed E-state index contributed by atoms with van der Waals surface area (Å²) < 4.78 is 26.0. The quantitative estimate of drug-likeness (QED) is 0.628. The van der Waals surface area contributed by atoms with Gasteiger partial charge >= 0.3 is 5.97 Å². The lowest BCUT2D eigenvalue weighted by Crippen LogP contribution is -2.39. The van der Waals surface area contributed by atoms with Crippen molar-refractivity contribution in [3.8, 4) is 0 Å². The van der Waals surface area contributed by atoms with Crippen molar-refractivity contribution in [3.63, 3.8) is 0 Å². The molecule has 1 N–H and O–H groups in total. The van der Waals surface area contributed by atoms with Gasteiger partial charge in [0, 0.05) is 6.42 Å². The second-order valence-corrected chi connectivity index (χ2v) is 9.49. The third kappa shape index (κ3) is 4.34. The SMILES string of the molecule is CCCC(=O)Nc1ncnn2c([C@]3(C)O[C@H](COC(=O)C(C)C)[C@H]4OC(C)(C)O[C@H]43)ccc12. The van der Waals surface area contributed by atoms with Gasteiger partial charge in [0.25, 0.3) is 0 Å². The van der Waals surface area contributed by atoms with E-state index in [-0.39, 0.29) is 24.4 Å². The Morgan fingerprint density at radius 1 is 1.21 bits per heavy atom. The zero-order valence-electron chi connectivity index (χ0n) is 20.0. The standard InChI is InChI=1S/C23H32N4O6/c1-7-8-17(28)26-20-14-9-10-16(27(14)25-12-24-20)23(6)19-18(32-22(4,5)33-19)15(31-23)11-30-21(29)13(2)3/h9-10,12-13,15,18-19H,7-8,11H2,1-6H3,(H,24,25,26,28)/t15-,18-,19-,23+/m1/s1. The van der Waals surface area contributed by atoms with Gasteiger partial charge in [-0.15, -0.1) is 0 Å². The fourth-order valence-corrected chi connectivity index (χ4v) is 4.43. The molecule has 2 saturated heterocycles. The van der Waals surface area contributed by atoms with E-state index in [4.69, 9.17) is 18.9 Å². The van der Waals surface area contributed by atoms with E-state index >= 15 is 0 Å². The van der Waals surface area contributed by atoms with Crippen LogP contribution < -0.4 is 5.32 Å². The number of aromatic nitrogens is 3. The van der Waals surface area contributed by atoms with Crippen molar-refractivity contribution in [1.82, 2.24) is 14.6 Å². The number of hydrogen-bond acceptors (Lipinski definition) is 8. The number of nitrogens with zero attached hydrogens (tertiary/aromatic N) is 3. The van der Waals surface area contributed by atoms with Crippen LogP contribution in [-0.4, -0.2) is 57.2 Å². The second-order valence-electron chi connectivity index (χ2n) is 9.49. The number of carbonyl (C=O) groups excluding carboxylic acids is 2. The maximum Gasteiger partial charge on any atom is 0.308 e. The molecule has 0 radical (unpaired) electrons. The number of esters is 1. The van der Waals surface area contributed by atoms with Crippen LogP contribution >= 0.6 is 0 Å². The molecule has 180 valence electrons. The fourth-order valence-electron chi connectivity index (χ4n) is 4.43. The van der Waals surface area contributed by atoms with E-state index in [1.54, 1.807) is 18.4 Å². The minimum absolute atomic E-state index is 0.0594. The van der Waals surface area contributed by atoms with Gasteiger partial charge in [0.1, 0.15) is 42.4 Å². The third-order valence-electron chi connectivity index (χ3n) is 5.99. The Kier molecular flexibility index (Phi) is 6.19. The first kappa shape index (κ1) is 23.6. The van der Waals surface area contributed by atoms with Gasteiger partial charge in [-0.1, -0.05) is 20.8 Å². The highest BCUT2D eigenvalue weighted by molar-refractivity contribution is 5.93. The summed E-state index contributed by atoms with van der Waals surface area (Å²) in [5.41, 5.74) is 0.421. The van der Waals surface area contributed by atoms with Gasteiger partial charge in [-0.25, -0.2) is 9.50 Å². The molecule has 33 heavy (non-hydrogen) atoms. The summed E-state index contributed by atoms with van der Waals surface area (Å²) in [5, 5.41) is 7.26. The first-order valence-corrected chi connectivity index (χ1v) is 11.4. The van der Waals surface area contributed by atoms with E-state index in [0.29, 0.717) is 17.8 Å². The molecule has 0 bridgehead atoms. The van der Waals surface area contributed by atoms with Crippen LogP contribution in [0.2, 0.25) is 0 Å². The van der Waals surface area contributed by atoms with Crippen molar-refractivity contribution in [2.24, 2.45) is 5.92 Å². The molecule has 0 spiro atoms. The lowest BCUT2D eigenvalue weighted by Gasteiger charge is -2.31. The molecule has 10 heteroatoms. The molecule has 0 aromatic carbocycles. The number of anilines is 1. The smallest absolute Gasteiger partial charge is 0.308 e. The topological polar surface area (TPSA) is 113 Å². The molecule has 2 aliphatic rings. The molecule has 2 aromatic rings. The Hall–Kier alpha value is -2.56. The van der Waals surface area contributed by atoms with Gasteiger partial charge in [0.05, 0.1) is 11.6 Å². The Bertz CT molecular complexity index is 1050. The summed E-state index contributed by atoms with van der Waals surface area (Å²) >= 11 is 0. The lowest BCUT2D eigenvalue weighted by molar-refractivity contribution is -0.214. The third-order valence-corrected chi connectivity index (χ3v) is 5.99. The summed E-state index contributed by atoms with van der Waals surface area (Å²) in [5.74, 6) is -1.03.